The third-order valence-electron chi connectivity index (χ3n) is 6.38. The first-order valence-corrected chi connectivity index (χ1v) is 12.7. The molecule has 0 radical (unpaired) electrons. The number of hydrogen-bond donors (Lipinski definition) is 3. The number of aromatic nitrogens is 1. The highest BCUT2D eigenvalue weighted by molar-refractivity contribution is 5.91. The Kier molecular flexibility index (Phi) is 9.23. The van der Waals surface area contributed by atoms with Gasteiger partial charge in [-0.15, -0.1) is 0 Å². The van der Waals surface area contributed by atoms with Gasteiger partial charge in [-0.3, -0.25) is 19.7 Å². The molecule has 1 aliphatic heterocycles. The predicted octanol–water partition coefficient (Wildman–Crippen LogP) is 3.07. The normalized spacial score (nSPS) is 18.7. The zero-order valence-electron chi connectivity index (χ0n) is 21.4. The summed E-state index contributed by atoms with van der Waals surface area (Å²) in [7, 11) is 0. The number of nitrogens with one attached hydrogen (secondary N) is 2. The molecule has 2 aromatic heterocycles. The lowest BCUT2D eigenvalue weighted by Crippen LogP contribution is -2.40. The molecule has 1 aromatic carbocycles. The van der Waals surface area contributed by atoms with Gasteiger partial charge in [0.1, 0.15) is 17.6 Å². The van der Waals surface area contributed by atoms with Gasteiger partial charge in [0.05, 0.1) is 16.6 Å². The molecule has 206 valence electrons. The Labute approximate surface area is 223 Å². The number of carbonyl (C=O) groups excluding carboxylic acids is 1. The lowest BCUT2D eigenvalue weighted by atomic mass is 9.81. The van der Waals surface area contributed by atoms with Gasteiger partial charge in [0.2, 0.25) is 6.29 Å². The summed E-state index contributed by atoms with van der Waals surface area (Å²) in [5, 5.41) is 26.4. The third-order valence-corrected chi connectivity index (χ3v) is 6.38. The number of aliphatic hydroxyl groups is 1. The van der Waals surface area contributed by atoms with Crippen LogP contribution < -0.4 is 16.1 Å². The molecule has 0 saturated heterocycles. The largest absolute Gasteiger partial charge is 0.464 e. The van der Waals surface area contributed by atoms with Crippen molar-refractivity contribution in [2.45, 2.75) is 32.0 Å². The van der Waals surface area contributed by atoms with Crippen LogP contribution in [0.15, 0.2) is 69.9 Å². The van der Waals surface area contributed by atoms with Crippen molar-refractivity contribution in [2.75, 3.05) is 31.6 Å². The quantitative estimate of drug-likeness (QED) is 0.177. The number of ether oxygens (including phenoxy) is 2. The first-order valence-electron chi connectivity index (χ1n) is 12.7. The maximum atomic E-state index is 13.4. The Morgan fingerprint density at radius 3 is 2.77 bits per heavy atom. The van der Waals surface area contributed by atoms with Gasteiger partial charge < -0.3 is 29.6 Å². The average Bonchev–Trinajstić information content (AvgIpc) is 2.95. The molecule has 0 spiro atoms. The Bertz CT molecular complexity index is 1390. The van der Waals surface area contributed by atoms with E-state index in [0.29, 0.717) is 48.3 Å². The molecule has 3 atom stereocenters. The van der Waals surface area contributed by atoms with Gasteiger partial charge in [-0.1, -0.05) is 12.1 Å². The molecule has 0 bridgehead atoms. The Morgan fingerprint density at radius 1 is 1.23 bits per heavy atom. The van der Waals surface area contributed by atoms with E-state index >= 15 is 0 Å². The number of carbonyl (C=O) groups is 1. The minimum Gasteiger partial charge on any atom is -0.464 e. The summed E-state index contributed by atoms with van der Waals surface area (Å²) in [6.45, 7) is 2.59. The van der Waals surface area contributed by atoms with Gasteiger partial charge in [-0.05, 0) is 44.0 Å². The van der Waals surface area contributed by atoms with E-state index in [1.165, 1.54) is 18.4 Å². The van der Waals surface area contributed by atoms with E-state index < -0.39 is 23.0 Å². The van der Waals surface area contributed by atoms with E-state index in [0.717, 1.165) is 6.20 Å². The number of aliphatic hydroxyl groups excluding tert-OH is 1. The molecule has 0 fully saturated rings. The van der Waals surface area contributed by atoms with Crippen molar-refractivity contribution >= 4 is 28.4 Å². The van der Waals surface area contributed by atoms with Crippen LogP contribution in [-0.4, -0.2) is 53.5 Å². The second-order valence-electron chi connectivity index (χ2n) is 8.89. The summed E-state index contributed by atoms with van der Waals surface area (Å²) in [6, 6.07) is 9.76. The predicted molar refractivity (Wildman–Crippen MR) is 142 cm³/mol. The van der Waals surface area contributed by atoms with Crippen molar-refractivity contribution in [1.29, 1.82) is 0 Å². The van der Waals surface area contributed by atoms with Crippen molar-refractivity contribution in [3.8, 4) is 0 Å². The average molecular weight is 539 g/mol. The van der Waals surface area contributed by atoms with Gasteiger partial charge in [0.25, 0.3) is 11.6 Å². The minimum absolute atomic E-state index is 0.0136. The molecule has 1 amide bonds. The number of nitro groups is 1. The smallest absolute Gasteiger partial charge is 0.287 e. The minimum atomic E-state index is -0.814. The summed E-state index contributed by atoms with van der Waals surface area (Å²) in [5.74, 6) is -0.943. The molecular formula is C27H30N4O8. The van der Waals surface area contributed by atoms with Crippen LogP contribution in [0.4, 0.5) is 11.5 Å². The molecule has 4 rings (SSSR count). The van der Waals surface area contributed by atoms with Gasteiger partial charge >= 0.3 is 0 Å². The van der Waals surface area contributed by atoms with Crippen LogP contribution in [0.1, 0.15) is 31.2 Å². The number of rotatable bonds is 12. The third kappa shape index (κ3) is 6.59. The van der Waals surface area contributed by atoms with E-state index in [9.17, 15) is 24.8 Å². The summed E-state index contributed by atoms with van der Waals surface area (Å²) in [5.41, 5.74) is 0.513. The fourth-order valence-electron chi connectivity index (χ4n) is 4.50. The molecular weight excluding hydrogens is 508 g/mol. The second kappa shape index (κ2) is 13.0. The van der Waals surface area contributed by atoms with Crippen molar-refractivity contribution in [3.63, 3.8) is 0 Å². The summed E-state index contributed by atoms with van der Waals surface area (Å²) >= 11 is 0. The van der Waals surface area contributed by atoms with Gasteiger partial charge in [0.15, 0.2) is 11.2 Å². The van der Waals surface area contributed by atoms with Crippen LogP contribution in [0, 0.1) is 16.0 Å². The number of benzene rings is 1. The number of anilines is 1. The molecule has 12 nitrogen and oxygen atoms in total. The summed E-state index contributed by atoms with van der Waals surface area (Å²) in [4.78, 5) is 40.7. The zero-order chi connectivity index (χ0) is 27.8. The van der Waals surface area contributed by atoms with E-state index in [1.54, 1.807) is 30.3 Å². The number of fused-ring (bicyclic) bond motifs is 1. The molecule has 3 heterocycles. The number of hydrogen-bond acceptors (Lipinski definition) is 10. The molecule has 1 aliphatic rings. The molecule has 39 heavy (non-hydrogen) atoms. The van der Waals surface area contributed by atoms with E-state index in [-0.39, 0.29) is 35.9 Å². The molecule has 3 unspecified atom stereocenters. The van der Waals surface area contributed by atoms with Gasteiger partial charge in [-0.25, -0.2) is 4.98 Å². The highest BCUT2D eigenvalue weighted by Crippen LogP contribution is 2.38. The van der Waals surface area contributed by atoms with Gasteiger partial charge in [-0.2, -0.15) is 0 Å². The number of para-hydroxylation sites is 1. The summed E-state index contributed by atoms with van der Waals surface area (Å²) < 4.78 is 17.5. The van der Waals surface area contributed by atoms with Crippen molar-refractivity contribution in [3.05, 3.63) is 86.6 Å². The summed E-state index contributed by atoms with van der Waals surface area (Å²) in [6.07, 6.45) is 4.32. The Morgan fingerprint density at radius 2 is 2.05 bits per heavy atom. The fourth-order valence-corrected chi connectivity index (χ4v) is 4.50. The van der Waals surface area contributed by atoms with Crippen LogP contribution >= 0.6 is 0 Å². The molecule has 0 saturated carbocycles. The van der Waals surface area contributed by atoms with Crippen LogP contribution in [0.3, 0.4) is 0 Å². The molecule has 0 aliphatic carbocycles. The standard InChI is InChI=1S/C27H30N4O8/c1-2-37-27-18(7-5-13-32)20(21-16-38-22-8-4-3-6-19(22)25(21)33)14-23(39-27)26(34)29-12-11-28-24-10-9-17(15-30-24)31(35)36/h3-4,6,8-10,14-16,18,20,27,32H,2,5,7,11-13H2,1H3,(H,28,30)(H,29,34). The number of allylic oxidation sites excluding steroid dienone is 1. The maximum absolute atomic E-state index is 13.4. The highest BCUT2D eigenvalue weighted by Gasteiger charge is 2.39. The van der Waals surface area contributed by atoms with E-state index in [1.807, 2.05) is 6.92 Å². The number of amides is 1. The topological polar surface area (TPSA) is 166 Å². The van der Waals surface area contributed by atoms with E-state index in [2.05, 4.69) is 15.6 Å². The lowest BCUT2D eigenvalue weighted by Gasteiger charge is -2.36. The van der Waals surface area contributed by atoms with E-state index in [4.69, 9.17) is 13.9 Å². The Hall–Kier alpha value is -4.29. The first kappa shape index (κ1) is 27.7. The lowest BCUT2D eigenvalue weighted by molar-refractivity contribution is -0.385. The van der Waals surface area contributed by atoms with Crippen molar-refractivity contribution < 1.29 is 28.7 Å². The van der Waals surface area contributed by atoms with Crippen LogP contribution in [0.25, 0.3) is 11.0 Å². The zero-order valence-corrected chi connectivity index (χ0v) is 21.4. The maximum Gasteiger partial charge on any atom is 0.287 e. The fraction of sp³-hybridized carbons (Fsp3) is 0.370. The van der Waals surface area contributed by atoms with Gasteiger partial charge in [0, 0.05) is 49.8 Å². The first-order chi connectivity index (χ1) is 18.9. The monoisotopic (exact) mass is 538 g/mol. The Balaban J connectivity index is 1.53. The molecule has 3 N–H and O–H groups in total. The molecule has 3 aromatic rings. The number of nitrogens with zero attached hydrogens (tertiary/aromatic N) is 2. The van der Waals surface area contributed by atoms with Crippen LogP contribution in [0.5, 0.6) is 0 Å². The molecule has 12 heteroatoms. The second-order valence-corrected chi connectivity index (χ2v) is 8.89. The van der Waals surface area contributed by atoms with Crippen LogP contribution in [-0.2, 0) is 14.3 Å². The van der Waals surface area contributed by atoms with Crippen LogP contribution in [0.2, 0.25) is 0 Å². The van der Waals surface area contributed by atoms with Crippen molar-refractivity contribution in [2.24, 2.45) is 5.92 Å². The number of pyridine rings is 1. The SMILES string of the molecule is CCOC1OC(C(=O)NCCNc2ccc([N+](=O)[O-])cn2)=CC(c2coc3ccccc3c2=O)C1CCCO. The highest BCUT2D eigenvalue weighted by atomic mass is 16.7. The van der Waals surface area contributed by atoms with Crippen molar-refractivity contribution in [1.82, 2.24) is 10.3 Å².